The van der Waals surface area contributed by atoms with Crippen LogP contribution in [0.4, 0.5) is 14.6 Å². The Morgan fingerprint density at radius 2 is 1.75 bits per heavy atom. The van der Waals surface area contributed by atoms with Crippen molar-refractivity contribution >= 4 is 15.9 Å². The minimum atomic E-state index is -4.02. The lowest BCUT2D eigenvalue weighted by molar-refractivity contribution is -0.140. The molecule has 0 radical (unpaired) electrons. The second-order valence-corrected chi connectivity index (χ2v) is 9.96. The van der Waals surface area contributed by atoms with Crippen molar-refractivity contribution in [1.29, 1.82) is 0 Å². The maximum Gasteiger partial charge on any atom is 0.351 e. The standard InChI is InChI=1S/C16H25F2N3O4.C7H8O3S/c1-3-5-10(6-4-2)19-12-7-8-21(15(24)20-12)14-16(17,18)13(23)11(9-22)25-14;1-6-2-4-7(5-3-6)11(8,9)10/h7-8,10-11,13-14,22-23H,3-6,9H2,1-2H3,(H,19,20,24);2-5H,1H3,(H,8,9,10)/t11-,13-,14-;/m1./s1. The molecule has 0 bridgehead atoms. The molecule has 10 nitrogen and oxygen atoms in total. The first kappa shape index (κ1) is 29.8. The molecule has 0 amide bonds. The number of aliphatic hydroxyl groups excluding tert-OH is 2. The van der Waals surface area contributed by atoms with Gasteiger partial charge >= 0.3 is 11.6 Å². The molecule has 202 valence electrons. The number of nitrogens with one attached hydrogen (secondary N) is 1. The Morgan fingerprint density at radius 1 is 1.17 bits per heavy atom. The van der Waals surface area contributed by atoms with Crippen molar-refractivity contribution in [2.45, 2.75) is 81.8 Å². The van der Waals surface area contributed by atoms with Crippen LogP contribution in [0.3, 0.4) is 0 Å². The van der Waals surface area contributed by atoms with Crippen molar-refractivity contribution in [3.8, 4) is 0 Å². The fourth-order valence-corrected chi connectivity index (χ4v) is 4.18. The zero-order chi connectivity index (χ0) is 27.1. The number of aliphatic hydroxyl groups is 2. The minimum Gasteiger partial charge on any atom is -0.394 e. The summed E-state index contributed by atoms with van der Waals surface area (Å²) in [4.78, 5) is 15.9. The molecular formula is C23H33F2N3O7S. The van der Waals surface area contributed by atoms with Crippen LogP contribution in [-0.2, 0) is 14.9 Å². The van der Waals surface area contributed by atoms with E-state index >= 15 is 0 Å². The molecule has 1 fully saturated rings. The number of nitrogens with zero attached hydrogens (tertiary/aromatic N) is 2. The Bertz CT molecular complexity index is 1140. The Morgan fingerprint density at radius 3 is 2.19 bits per heavy atom. The molecule has 0 spiro atoms. The second kappa shape index (κ2) is 12.7. The van der Waals surface area contributed by atoms with Gasteiger partial charge in [-0.3, -0.25) is 9.12 Å². The molecule has 36 heavy (non-hydrogen) atoms. The van der Waals surface area contributed by atoms with Gasteiger partial charge in [-0.2, -0.15) is 22.2 Å². The van der Waals surface area contributed by atoms with Gasteiger partial charge in [0.1, 0.15) is 11.9 Å². The maximum atomic E-state index is 14.1. The molecule has 0 aliphatic carbocycles. The molecule has 4 N–H and O–H groups in total. The maximum absolute atomic E-state index is 14.1. The summed E-state index contributed by atoms with van der Waals surface area (Å²) in [5.74, 6) is -3.39. The highest BCUT2D eigenvalue weighted by molar-refractivity contribution is 7.85. The van der Waals surface area contributed by atoms with E-state index in [1.807, 2.05) is 6.92 Å². The van der Waals surface area contributed by atoms with Crippen LogP contribution in [0, 0.1) is 6.92 Å². The van der Waals surface area contributed by atoms with Crippen molar-refractivity contribution in [2.75, 3.05) is 11.9 Å². The van der Waals surface area contributed by atoms with Crippen molar-refractivity contribution in [1.82, 2.24) is 9.55 Å². The number of halogens is 2. The predicted molar refractivity (Wildman–Crippen MR) is 129 cm³/mol. The number of benzene rings is 1. The summed E-state index contributed by atoms with van der Waals surface area (Å²) in [6.07, 6.45) is -0.726. The zero-order valence-corrected chi connectivity index (χ0v) is 21.2. The highest BCUT2D eigenvalue weighted by Gasteiger charge is 2.59. The summed E-state index contributed by atoms with van der Waals surface area (Å²) in [5.41, 5.74) is 0.0459. The molecule has 1 aromatic carbocycles. The van der Waals surface area contributed by atoms with E-state index in [2.05, 4.69) is 24.1 Å². The van der Waals surface area contributed by atoms with Crippen LogP contribution < -0.4 is 11.0 Å². The van der Waals surface area contributed by atoms with Crippen molar-refractivity contribution in [3.63, 3.8) is 0 Å². The van der Waals surface area contributed by atoms with Crippen LogP contribution in [0.25, 0.3) is 0 Å². The van der Waals surface area contributed by atoms with Gasteiger partial charge in [0.05, 0.1) is 11.5 Å². The first-order valence-corrected chi connectivity index (χ1v) is 13.0. The third-order valence-corrected chi connectivity index (χ3v) is 6.46. The molecule has 0 saturated carbocycles. The smallest absolute Gasteiger partial charge is 0.351 e. The largest absolute Gasteiger partial charge is 0.394 e. The van der Waals surface area contributed by atoms with E-state index < -0.39 is 46.8 Å². The van der Waals surface area contributed by atoms with Crippen LogP contribution in [-0.4, -0.2) is 63.5 Å². The molecule has 0 unspecified atom stereocenters. The van der Waals surface area contributed by atoms with Crippen LogP contribution in [0.15, 0.2) is 46.2 Å². The average molecular weight is 534 g/mol. The molecule has 1 aliphatic rings. The Labute approximate surface area is 208 Å². The minimum absolute atomic E-state index is 0.0666. The lowest BCUT2D eigenvalue weighted by atomic mass is 10.1. The van der Waals surface area contributed by atoms with Crippen molar-refractivity contribution in [3.05, 3.63) is 52.6 Å². The van der Waals surface area contributed by atoms with Gasteiger partial charge in [0, 0.05) is 12.2 Å². The first-order chi connectivity index (χ1) is 16.8. The molecule has 1 aromatic heterocycles. The van der Waals surface area contributed by atoms with Gasteiger partial charge in [-0.1, -0.05) is 44.4 Å². The number of ether oxygens (including phenoxy) is 1. The van der Waals surface area contributed by atoms with Crippen molar-refractivity contribution < 1.29 is 36.7 Å². The second-order valence-electron chi connectivity index (χ2n) is 8.54. The Balaban J connectivity index is 0.000000346. The zero-order valence-electron chi connectivity index (χ0n) is 20.3. The molecular weight excluding hydrogens is 500 g/mol. The van der Waals surface area contributed by atoms with Gasteiger partial charge in [0.2, 0.25) is 6.23 Å². The van der Waals surface area contributed by atoms with Gasteiger partial charge in [-0.25, -0.2) is 4.79 Å². The van der Waals surface area contributed by atoms with E-state index in [1.165, 1.54) is 18.2 Å². The summed E-state index contributed by atoms with van der Waals surface area (Å²) in [5, 5.41) is 21.7. The highest BCUT2D eigenvalue weighted by Crippen LogP contribution is 2.42. The van der Waals surface area contributed by atoms with Crippen LogP contribution in [0.5, 0.6) is 0 Å². The van der Waals surface area contributed by atoms with Crippen LogP contribution >= 0.6 is 0 Å². The quantitative estimate of drug-likeness (QED) is 0.357. The molecule has 2 heterocycles. The first-order valence-electron chi connectivity index (χ1n) is 11.6. The fourth-order valence-electron chi connectivity index (χ4n) is 3.70. The third kappa shape index (κ3) is 7.53. The van der Waals surface area contributed by atoms with Gasteiger partial charge in [-0.05, 0) is 38.0 Å². The van der Waals surface area contributed by atoms with Crippen LogP contribution in [0.2, 0.25) is 0 Å². The molecule has 13 heteroatoms. The van der Waals surface area contributed by atoms with Gasteiger partial charge in [0.15, 0.2) is 6.10 Å². The normalized spacial score (nSPS) is 21.2. The Kier molecular flexibility index (Phi) is 10.5. The van der Waals surface area contributed by atoms with Gasteiger partial charge in [-0.15, -0.1) is 0 Å². The lowest BCUT2D eigenvalue weighted by Crippen LogP contribution is -2.41. The Hall–Kier alpha value is -2.45. The molecule has 2 aromatic rings. The number of anilines is 1. The SMILES string of the molecule is CCCC(CCC)Nc1ccn([C@@H]2O[C@H](CO)[C@@H](O)C2(F)F)c(=O)n1.Cc1ccc(S(=O)(=O)O)cc1. The summed E-state index contributed by atoms with van der Waals surface area (Å²) < 4.78 is 63.4. The highest BCUT2D eigenvalue weighted by atomic mass is 32.2. The molecule has 3 rings (SSSR count). The summed E-state index contributed by atoms with van der Waals surface area (Å²) in [7, 11) is -4.02. The third-order valence-electron chi connectivity index (χ3n) is 5.59. The van der Waals surface area contributed by atoms with Crippen LogP contribution in [0.1, 0.15) is 51.3 Å². The van der Waals surface area contributed by atoms with Crippen molar-refractivity contribution in [2.24, 2.45) is 0 Å². The van der Waals surface area contributed by atoms with E-state index in [1.54, 1.807) is 12.1 Å². The van der Waals surface area contributed by atoms with Gasteiger partial charge < -0.3 is 20.3 Å². The van der Waals surface area contributed by atoms with E-state index in [0.29, 0.717) is 10.4 Å². The monoisotopic (exact) mass is 533 g/mol. The lowest BCUT2D eigenvalue weighted by Gasteiger charge is -2.22. The molecule has 1 saturated heterocycles. The van der Waals surface area contributed by atoms with E-state index in [4.69, 9.17) is 14.4 Å². The number of rotatable bonds is 9. The summed E-state index contributed by atoms with van der Waals surface area (Å²) in [6, 6.07) is 7.57. The fraction of sp³-hybridized carbons (Fsp3) is 0.565. The molecule has 1 aliphatic heterocycles. The van der Waals surface area contributed by atoms with Gasteiger partial charge in [0.25, 0.3) is 10.1 Å². The molecule has 3 atom stereocenters. The summed E-state index contributed by atoms with van der Waals surface area (Å²) >= 11 is 0. The topological polar surface area (TPSA) is 151 Å². The number of alkyl halides is 2. The van der Waals surface area contributed by atoms with E-state index in [-0.39, 0.29) is 10.9 Å². The van der Waals surface area contributed by atoms with E-state index in [0.717, 1.165) is 37.4 Å². The number of aryl methyl sites for hydroxylation is 1. The number of hydrogen-bond donors (Lipinski definition) is 4. The number of hydrogen-bond acceptors (Lipinski definition) is 8. The number of aromatic nitrogens is 2. The summed E-state index contributed by atoms with van der Waals surface area (Å²) in [6.45, 7) is 5.18. The predicted octanol–water partition coefficient (Wildman–Crippen LogP) is 2.75. The average Bonchev–Trinajstić information content (AvgIpc) is 3.03. The van der Waals surface area contributed by atoms with E-state index in [9.17, 15) is 27.1 Å².